The quantitative estimate of drug-likeness (QED) is 0.415. The van der Waals surface area contributed by atoms with Crippen LogP contribution in [0.1, 0.15) is 0 Å². The van der Waals surface area contributed by atoms with Gasteiger partial charge in [-0.15, -0.1) is 0 Å². The number of aliphatic hydroxyl groups is 1. The summed E-state index contributed by atoms with van der Waals surface area (Å²) in [6.07, 6.45) is -1.02. The Morgan fingerprint density at radius 1 is 1.00 bits per heavy atom. The van der Waals surface area contributed by atoms with E-state index in [1.165, 1.54) is 0 Å². The number of halogens is 4. The van der Waals surface area contributed by atoms with Crippen LogP contribution in [-0.4, -0.2) is 24.4 Å². The molecule has 0 aliphatic carbocycles. The van der Waals surface area contributed by atoms with Crippen molar-refractivity contribution in [2.24, 2.45) is 0 Å². The molecule has 8 heteroatoms. The van der Waals surface area contributed by atoms with Crippen LogP contribution < -0.4 is 15.6 Å². The number of hydrogen-bond acceptors (Lipinski definition) is 4. The molecular formula is C15H14F4N2O2. The molecule has 0 radical (unpaired) electrons. The molecule has 2 aromatic carbocycles. The maximum absolute atomic E-state index is 13.4. The van der Waals surface area contributed by atoms with Gasteiger partial charge in [-0.2, -0.15) is 0 Å². The highest BCUT2D eigenvalue weighted by Gasteiger charge is 2.19. The molecule has 0 amide bonds. The van der Waals surface area contributed by atoms with Crippen LogP contribution >= 0.6 is 0 Å². The zero-order chi connectivity index (χ0) is 16.8. The minimum atomic E-state index is -1.56. The maximum atomic E-state index is 13.4. The van der Waals surface area contributed by atoms with Gasteiger partial charge in [0, 0.05) is 12.6 Å². The molecule has 0 fully saturated rings. The number of para-hydroxylation sites is 1. The highest BCUT2D eigenvalue weighted by molar-refractivity contribution is 5.46. The van der Waals surface area contributed by atoms with E-state index in [4.69, 9.17) is 4.74 Å². The number of benzene rings is 2. The van der Waals surface area contributed by atoms with E-state index >= 15 is 0 Å². The van der Waals surface area contributed by atoms with E-state index in [0.29, 0.717) is 5.75 Å². The van der Waals surface area contributed by atoms with Gasteiger partial charge in [0.2, 0.25) is 0 Å². The lowest BCUT2D eigenvalue weighted by Crippen LogP contribution is -2.35. The molecular weight excluding hydrogens is 316 g/mol. The second-order valence-corrected chi connectivity index (χ2v) is 4.63. The fourth-order valence-electron chi connectivity index (χ4n) is 1.71. The normalized spacial score (nSPS) is 12.0. The van der Waals surface area contributed by atoms with Crippen LogP contribution in [0.5, 0.6) is 5.75 Å². The van der Waals surface area contributed by atoms with Gasteiger partial charge in [-0.1, -0.05) is 18.2 Å². The standard InChI is InChI=1S/C15H14F4N2O2/c16-11-6-12(17)14(19)15(13(11)18)21-20-7-9(22)8-23-10-4-2-1-3-5-10/h1-6,9,20-22H,7-8H2/t9-/m1/s1. The number of rotatable bonds is 7. The third-order valence-electron chi connectivity index (χ3n) is 2.85. The van der Waals surface area contributed by atoms with E-state index in [1.54, 1.807) is 30.3 Å². The lowest BCUT2D eigenvalue weighted by Gasteiger charge is -2.15. The van der Waals surface area contributed by atoms with E-state index in [0.717, 1.165) is 0 Å². The van der Waals surface area contributed by atoms with E-state index in [2.05, 4.69) is 5.43 Å². The second kappa shape index (κ2) is 7.80. The molecule has 3 N–H and O–H groups in total. The molecule has 2 rings (SSSR count). The summed E-state index contributed by atoms with van der Waals surface area (Å²) in [5, 5.41) is 9.67. The summed E-state index contributed by atoms with van der Waals surface area (Å²) < 4.78 is 58.0. The Hall–Kier alpha value is -2.32. The van der Waals surface area contributed by atoms with Crippen molar-refractivity contribution in [1.29, 1.82) is 0 Å². The lowest BCUT2D eigenvalue weighted by molar-refractivity contribution is 0.108. The maximum Gasteiger partial charge on any atom is 0.186 e. The van der Waals surface area contributed by atoms with Crippen molar-refractivity contribution in [3.63, 3.8) is 0 Å². The summed E-state index contributed by atoms with van der Waals surface area (Å²) in [5.41, 5.74) is 3.28. The Morgan fingerprint density at radius 2 is 1.61 bits per heavy atom. The first kappa shape index (κ1) is 17.0. The van der Waals surface area contributed by atoms with Gasteiger partial charge in [0.15, 0.2) is 23.3 Å². The molecule has 0 spiro atoms. The van der Waals surface area contributed by atoms with Crippen LogP contribution in [0.4, 0.5) is 23.2 Å². The number of anilines is 1. The van der Waals surface area contributed by atoms with Gasteiger partial charge in [0.25, 0.3) is 0 Å². The van der Waals surface area contributed by atoms with Crippen LogP contribution in [0.2, 0.25) is 0 Å². The van der Waals surface area contributed by atoms with Crippen LogP contribution in [-0.2, 0) is 0 Å². The Kier molecular flexibility index (Phi) is 5.78. The van der Waals surface area contributed by atoms with Crippen molar-refractivity contribution < 1.29 is 27.4 Å². The molecule has 0 saturated heterocycles. The first-order valence-corrected chi connectivity index (χ1v) is 6.67. The summed E-state index contributed by atoms with van der Waals surface area (Å²) in [7, 11) is 0. The zero-order valence-corrected chi connectivity index (χ0v) is 11.8. The van der Waals surface area contributed by atoms with Crippen molar-refractivity contribution in [3.8, 4) is 5.75 Å². The minimum absolute atomic E-state index is 0.0822. The lowest BCUT2D eigenvalue weighted by atomic mass is 10.2. The highest BCUT2D eigenvalue weighted by atomic mass is 19.2. The summed E-state index contributed by atoms with van der Waals surface area (Å²) >= 11 is 0. The molecule has 0 heterocycles. The molecule has 0 aromatic heterocycles. The van der Waals surface area contributed by atoms with Gasteiger partial charge in [-0.3, -0.25) is 0 Å². The summed E-state index contributed by atoms with van der Waals surface area (Å²) in [5.74, 6) is -5.64. The highest BCUT2D eigenvalue weighted by Crippen LogP contribution is 2.23. The average molecular weight is 330 g/mol. The van der Waals surface area contributed by atoms with Gasteiger partial charge in [0.1, 0.15) is 24.1 Å². The van der Waals surface area contributed by atoms with Gasteiger partial charge in [0.05, 0.1) is 0 Å². The van der Waals surface area contributed by atoms with E-state index < -0.39 is 35.1 Å². The molecule has 124 valence electrons. The number of nitrogens with one attached hydrogen (secondary N) is 2. The Labute approximate surface area is 129 Å². The fourth-order valence-corrected chi connectivity index (χ4v) is 1.71. The Morgan fingerprint density at radius 3 is 2.22 bits per heavy atom. The zero-order valence-electron chi connectivity index (χ0n) is 11.8. The molecule has 0 saturated carbocycles. The molecule has 0 aliphatic rings. The van der Waals surface area contributed by atoms with Crippen molar-refractivity contribution in [2.45, 2.75) is 6.10 Å². The number of hydrazine groups is 1. The minimum Gasteiger partial charge on any atom is -0.491 e. The molecule has 4 nitrogen and oxygen atoms in total. The fraction of sp³-hybridized carbons (Fsp3) is 0.200. The summed E-state index contributed by atoms with van der Waals surface area (Å²) in [6.45, 7) is -0.259. The predicted octanol–water partition coefficient (Wildman–Crippen LogP) is 2.60. The first-order chi connectivity index (χ1) is 11.0. The molecule has 0 aliphatic heterocycles. The third kappa shape index (κ3) is 4.57. The van der Waals surface area contributed by atoms with E-state index in [-0.39, 0.29) is 19.2 Å². The van der Waals surface area contributed by atoms with E-state index in [1.807, 2.05) is 5.43 Å². The molecule has 0 bridgehead atoms. The van der Waals surface area contributed by atoms with Crippen LogP contribution in [0.25, 0.3) is 0 Å². The predicted molar refractivity (Wildman–Crippen MR) is 75.8 cm³/mol. The topological polar surface area (TPSA) is 53.5 Å². The van der Waals surface area contributed by atoms with E-state index in [9.17, 15) is 22.7 Å². The SMILES string of the molecule is O[C@H](CNNc1c(F)c(F)cc(F)c1F)COc1ccccc1. The average Bonchev–Trinajstić information content (AvgIpc) is 2.55. The van der Waals surface area contributed by atoms with Crippen LogP contribution in [0, 0.1) is 23.3 Å². The van der Waals surface area contributed by atoms with Crippen molar-refractivity contribution in [1.82, 2.24) is 5.43 Å². The summed E-state index contributed by atoms with van der Waals surface area (Å²) in [6, 6.07) is 8.81. The van der Waals surface area contributed by atoms with Gasteiger partial charge in [-0.05, 0) is 12.1 Å². The monoisotopic (exact) mass is 330 g/mol. The smallest absolute Gasteiger partial charge is 0.186 e. The Bertz CT molecular complexity index is 629. The molecule has 23 heavy (non-hydrogen) atoms. The third-order valence-corrected chi connectivity index (χ3v) is 2.85. The molecule has 1 atom stereocenters. The number of hydrogen-bond donors (Lipinski definition) is 3. The van der Waals surface area contributed by atoms with Gasteiger partial charge < -0.3 is 15.3 Å². The molecule has 2 aromatic rings. The first-order valence-electron chi connectivity index (χ1n) is 6.67. The summed E-state index contributed by atoms with van der Waals surface area (Å²) in [4.78, 5) is 0. The second-order valence-electron chi connectivity index (χ2n) is 4.63. The van der Waals surface area contributed by atoms with Crippen molar-refractivity contribution in [3.05, 3.63) is 59.7 Å². The Balaban J connectivity index is 1.83. The van der Waals surface area contributed by atoms with Gasteiger partial charge >= 0.3 is 0 Å². The van der Waals surface area contributed by atoms with Crippen LogP contribution in [0.15, 0.2) is 36.4 Å². The van der Waals surface area contributed by atoms with Gasteiger partial charge in [-0.25, -0.2) is 23.0 Å². The number of ether oxygens (including phenoxy) is 1. The molecule has 0 unspecified atom stereocenters. The number of aliphatic hydroxyl groups excluding tert-OH is 1. The van der Waals surface area contributed by atoms with Crippen molar-refractivity contribution >= 4 is 5.69 Å². The van der Waals surface area contributed by atoms with Crippen molar-refractivity contribution in [2.75, 3.05) is 18.6 Å². The largest absolute Gasteiger partial charge is 0.491 e. The van der Waals surface area contributed by atoms with Crippen LogP contribution in [0.3, 0.4) is 0 Å².